The number of benzene rings is 1. The van der Waals surface area contributed by atoms with Crippen LogP contribution in [0.3, 0.4) is 0 Å². The Balaban J connectivity index is 2.29. The standard InChI is InChI=1S/C10H8ClFN2/c11-9-3-1-2-7(10(9)12)4-8-5-13-6-14-8/h1-3,5-6H,4H2,(H,13,14). The molecule has 72 valence electrons. The molecule has 2 aromatic rings. The maximum absolute atomic E-state index is 13.4. The zero-order valence-electron chi connectivity index (χ0n) is 7.30. The monoisotopic (exact) mass is 210 g/mol. The van der Waals surface area contributed by atoms with Gasteiger partial charge in [-0.25, -0.2) is 9.37 Å². The van der Waals surface area contributed by atoms with Gasteiger partial charge in [-0.3, -0.25) is 0 Å². The third-order valence-corrected chi connectivity index (χ3v) is 2.26. The maximum atomic E-state index is 13.4. The third kappa shape index (κ3) is 1.77. The number of halogens is 2. The minimum atomic E-state index is -0.358. The molecular formula is C10H8ClFN2. The molecule has 0 fully saturated rings. The number of hydrogen-bond acceptors (Lipinski definition) is 1. The molecule has 0 amide bonds. The predicted octanol–water partition coefficient (Wildman–Crippen LogP) is 2.79. The van der Waals surface area contributed by atoms with Crippen molar-refractivity contribution >= 4 is 11.6 Å². The van der Waals surface area contributed by atoms with Crippen LogP contribution in [0.15, 0.2) is 30.7 Å². The Morgan fingerprint density at radius 1 is 1.43 bits per heavy atom. The summed E-state index contributed by atoms with van der Waals surface area (Å²) in [4.78, 5) is 6.77. The van der Waals surface area contributed by atoms with Crippen LogP contribution in [-0.4, -0.2) is 9.97 Å². The van der Waals surface area contributed by atoms with E-state index in [1.807, 2.05) is 0 Å². The first-order chi connectivity index (χ1) is 6.77. The maximum Gasteiger partial charge on any atom is 0.145 e. The van der Waals surface area contributed by atoms with Gasteiger partial charge < -0.3 is 4.98 Å². The molecule has 4 heteroatoms. The summed E-state index contributed by atoms with van der Waals surface area (Å²) >= 11 is 5.65. The van der Waals surface area contributed by atoms with Gasteiger partial charge in [-0.05, 0) is 11.6 Å². The first-order valence-electron chi connectivity index (χ1n) is 4.17. The second-order valence-corrected chi connectivity index (χ2v) is 3.37. The summed E-state index contributed by atoms with van der Waals surface area (Å²) in [6.45, 7) is 0. The van der Waals surface area contributed by atoms with E-state index in [-0.39, 0.29) is 10.8 Å². The average molecular weight is 211 g/mol. The molecule has 2 nitrogen and oxygen atoms in total. The van der Waals surface area contributed by atoms with E-state index < -0.39 is 0 Å². The molecule has 0 unspecified atom stereocenters. The van der Waals surface area contributed by atoms with Crippen molar-refractivity contribution in [1.29, 1.82) is 0 Å². The van der Waals surface area contributed by atoms with Crippen molar-refractivity contribution in [2.75, 3.05) is 0 Å². The van der Waals surface area contributed by atoms with Gasteiger partial charge in [0.1, 0.15) is 5.82 Å². The molecule has 1 aromatic carbocycles. The van der Waals surface area contributed by atoms with Crippen molar-refractivity contribution in [1.82, 2.24) is 9.97 Å². The summed E-state index contributed by atoms with van der Waals surface area (Å²) < 4.78 is 13.4. The summed E-state index contributed by atoms with van der Waals surface area (Å²) in [6, 6.07) is 4.98. The first-order valence-corrected chi connectivity index (χ1v) is 4.55. The molecule has 0 aliphatic rings. The van der Waals surface area contributed by atoms with Crippen LogP contribution >= 0.6 is 11.6 Å². The van der Waals surface area contributed by atoms with Gasteiger partial charge >= 0.3 is 0 Å². The Morgan fingerprint density at radius 3 is 3.00 bits per heavy atom. The van der Waals surface area contributed by atoms with E-state index >= 15 is 0 Å². The Labute approximate surface area is 85.8 Å². The predicted molar refractivity (Wildman–Crippen MR) is 52.8 cm³/mol. The van der Waals surface area contributed by atoms with Gasteiger partial charge in [0.2, 0.25) is 0 Å². The van der Waals surface area contributed by atoms with E-state index in [2.05, 4.69) is 9.97 Å². The summed E-state index contributed by atoms with van der Waals surface area (Å²) in [5, 5.41) is 0.155. The molecule has 0 bridgehead atoms. The third-order valence-electron chi connectivity index (χ3n) is 1.97. The Bertz CT molecular complexity index is 426. The molecule has 0 aliphatic heterocycles. The van der Waals surface area contributed by atoms with Gasteiger partial charge in [0.05, 0.1) is 11.3 Å². The van der Waals surface area contributed by atoms with Crippen molar-refractivity contribution in [2.24, 2.45) is 0 Å². The molecule has 1 aromatic heterocycles. The van der Waals surface area contributed by atoms with Gasteiger partial charge in [0.25, 0.3) is 0 Å². The number of nitrogens with one attached hydrogen (secondary N) is 1. The van der Waals surface area contributed by atoms with Crippen LogP contribution in [0.4, 0.5) is 4.39 Å². The van der Waals surface area contributed by atoms with E-state index in [0.717, 1.165) is 5.69 Å². The minimum absolute atomic E-state index is 0.155. The van der Waals surface area contributed by atoms with Crippen molar-refractivity contribution in [3.8, 4) is 0 Å². The highest BCUT2D eigenvalue weighted by Crippen LogP contribution is 2.19. The number of aromatic nitrogens is 2. The molecule has 0 atom stereocenters. The molecule has 1 N–H and O–H groups in total. The smallest absolute Gasteiger partial charge is 0.145 e. The van der Waals surface area contributed by atoms with Crippen LogP contribution in [-0.2, 0) is 6.42 Å². The zero-order valence-corrected chi connectivity index (χ0v) is 8.05. The Kier molecular flexibility index (Phi) is 2.50. The molecule has 0 radical (unpaired) electrons. The van der Waals surface area contributed by atoms with Crippen LogP contribution in [0.25, 0.3) is 0 Å². The van der Waals surface area contributed by atoms with Gasteiger partial charge in [0.15, 0.2) is 0 Å². The quantitative estimate of drug-likeness (QED) is 0.811. The second-order valence-electron chi connectivity index (χ2n) is 2.97. The van der Waals surface area contributed by atoms with Gasteiger partial charge in [-0.2, -0.15) is 0 Å². The van der Waals surface area contributed by atoms with E-state index in [4.69, 9.17) is 11.6 Å². The van der Waals surface area contributed by atoms with Crippen molar-refractivity contribution in [3.63, 3.8) is 0 Å². The number of aromatic amines is 1. The van der Waals surface area contributed by atoms with Crippen LogP contribution in [0.1, 0.15) is 11.3 Å². The summed E-state index contributed by atoms with van der Waals surface area (Å²) in [5.74, 6) is -0.358. The number of hydrogen-bond donors (Lipinski definition) is 1. The number of H-pyrrole nitrogens is 1. The SMILES string of the molecule is Fc1c(Cl)cccc1Cc1cnc[nH]1. The summed E-state index contributed by atoms with van der Waals surface area (Å²) in [5.41, 5.74) is 1.44. The minimum Gasteiger partial charge on any atom is -0.348 e. The average Bonchev–Trinajstić information content (AvgIpc) is 2.66. The van der Waals surface area contributed by atoms with Gasteiger partial charge in [-0.15, -0.1) is 0 Å². The summed E-state index contributed by atoms with van der Waals surface area (Å²) in [6.07, 6.45) is 3.71. The topological polar surface area (TPSA) is 28.7 Å². The van der Waals surface area contributed by atoms with E-state index in [0.29, 0.717) is 12.0 Å². The zero-order chi connectivity index (χ0) is 9.97. The lowest BCUT2D eigenvalue weighted by Crippen LogP contribution is -1.93. The lowest BCUT2D eigenvalue weighted by molar-refractivity contribution is 0.614. The molecule has 2 rings (SSSR count). The number of imidazole rings is 1. The molecule has 0 saturated heterocycles. The van der Waals surface area contributed by atoms with Crippen molar-refractivity contribution in [2.45, 2.75) is 6.42 Å². The van der Waals surface area contributed by atoms with Crippen LogP contribution < -0.4 is 0 Å². The molecule has 0 aliphatic carbocycles. The molecule has 0 saturated carbocycles. The molecule has 14 heavy (non-hydrogen) atoms. The van der Waals surface area contributed by atoms with Crippen molar-refractivity contribution in [3.05, 3.63) is 52.8 Å². The second kappa shape index (κ2) is 3.80. The largest absolute Gasteiger partial charge is 0.348 e. The lowest BCUT2D eigenvalue weighted by Gasteiger charge is -2.02. The molecule has 1 heterocycles. The van der Waals surface area contributed by atoms with E-state index in [1.165, 1.54) is 6.07 Å². The Morgan fingerprint density at radius 2 is 2.29 bits per heavy atom. The van der Waals surface area contributed by atoms with Crippen molar-refractivity contribution < 1.29 is 4.39 Å². The highest BCUT2D eigenvalue weighted by Gasteiger charge is 2.06. The molecular weight excluding hydrogens is 203 g/mol. The van der Waals surface area contributed by atoms with E-state index in [9.17, 15) is 4.39 Å². The van der Waals surface area contributed by atoms with Gasteiger partial charge in [-0.1, -0.05) is 23.7 Å². The first kappa shape index (κ1) is 9.21. The van der Waals surface area contributed by atoms with Crippen LogP contribution in [0, 0.1) is 5.82 Å². The fraction of sp³-hybridized carbons (Fsp3) is 0.100. The lowest BCUT2D eigenvalue weighted by atomic mass is 10.1. The highest BCUT2D eigenvalue weighted by atomic mass is 35.5. The normalized spacial score (nSPS) is 10.4. The summed E-state index contributed by atoms with van der Waals surface area (Å²) in [7, 11) is 0. The fourth-order valence-electron chi connectivity index (χ4n) is 1.27. The fourth-order valence-corrected chi connectivity index (χ4v) is 1.47. The van der Waals surface area contributed by atoms with Crippen LogP contribution in [0.5, 0.6) is 0 Å². The van der Waals surface area contributed by atoms with Crippen LogP contribution in [0.2, 0.25) is 5.02 Å². The highest BCUT2D eigenvalue weighted by molar-refractivity contribution is 6.30. The number of rotatable bonds is 2. The molecule has 0 spiro atoms. The number of nitrogens with zero attached hydrogens (tertiary/aromatic N) is 1. The van der Waals surface area contributed by atoms with Gasteiger partial charge in [0, 0.05) is 18.3 Å². The Hall–Kier alpha value is -1.35. The van der Waals surface area contributed by atoms with E-state index in [1.54, 1.807) is 24.7 Å².